The number of carbonyl (C=O) groups excluding carboxylic acids is 1. The Balaban J connectivity index is 1.44. The number of nitrogens with zero attached hydrogens (tertiary/aromatic N) is 5. The number of rotatable bonds is 5. The summed E-state index contributed by atoms with van der Waals surface area (Å²) >= 11 is 0. The number of hydrogen-bond acceptors (Lipinski definition) is 5. The molecule has 152 valence electrons. The van der Waals surface area contributed by atoms with Crippen LogP contribution in [0.25, 0.3) is 5.69 Å². The number of hydrogen-bond donors (Lipinski definition) is 0. The summed E-state index contributed by atoms with van der Waals surface area (Å²) in [6, 6.07) is 10.2. The molecule has 0 N–H and O–H groups in total. The maximum atomic E-state index is 13.2. The van der Waals surface area contributed by atoms with Crippen LogP contribution in [0.5, 0.6) is 0 Å². The molecule has 2 aromatic heterocycles. The van der Waals surface area contributed by atoms with Gasteiger partial charge in [0, 0.05) is 32.2 Å². The summed E-state index contributed by atoms with van der Waals surface area (Å²) in [5, 5.41) is 8.46. The molecule has 0 unspecified atom stereocenters. The third kappa shape index (κ3) is 4.10. The maximum absolute atomic E-state index is 13.2. The molecule has 0 atom stereocenters. The Morgan fingerprint density at radius 3 is 2.45 bits per heavy atom. The van der Waals surface area contributed by atoms with Gasteiger partial charge in [-0.05, 0) is 32.4 Å². The molecule has 1 amide bonds. The van der Waals surface area contributed by atoms with Gasteiger partial charge in [0.2, 0.25) is 0 Å². The Labute approximate surface area is 170 Å². The molecule has 0 bridgehead atoms. The van der Waals surface area contributed by atoms with Crippen LogP contribution in [0.1, 0.15) is 40.0 Å². The maximum Gasteiger partial charge on any atom is 0.257 e. The predicted octanol–water partition coefficient (Wildman–Crippen LogP) is 3.00. The topological polar surface area (TPSA) is 67.4 Å². The Morgan fingerprint density at radius 2 is 1.83 bits per heavy atom. The lowest BCUT2D eigenvalue weighted by Crippen LogP contribution is -2.48. The first-order valence-electron chi connectivity index (χ1n) is 10.1. The molecule has 1 saturated heterocycles. The highest BCUT2D eigenvalue weighted by molar-refractivity contribution is 5.95. The molecule has 1 aliphatic heterocycles. The van der Waals surface area contributed by atoms with Crippen molar-refractivity contribution in [2.75, 3.05) is 26.2 Å². The van der Waals surface area contributed by atoms with Gasteiger partial charge in [0.05, 0.1) is 35.4 Å². The monoisotopic (exact) mass is 393 g/mol. The van der Waals surface area contributed by atoms with Crippen LogP contribution in [0, 0.1) is 13.8 Å². The largest absolute Gasteiger partial charge is 0.360 e. The fourth-order valence-electron chi connectivity index (χ4n) is 3.79. The fourth-order valence-corrected chi connectivity index (χ4v) is 3.79. The molecule has 0 aliphatic carbocycles. The minimum atomic E-state index is 0.0652. The van der Waals surface area contributed by atoms with Gasteiger partial charge < -0.3 is 9.42 Å². The van der Waals surface area contributed by atoms with Crippen molar-refractivity contribution < 1.29 is 9.32 Å². The van der Waals surface area contributed by atoms with Gasteiger partial charge in [-0.25, -0.2) is 4.68 Å². The van der Waals surface area contributed by atoms with Gasteiger partial charge in [-0.3, -0.25) is 9.69 Å². The summed E-state index contributed by atoms with van der Waals surface area (Å²) in [5.74, 6) is 0.935. The summed E-state index contributed by atoms with van der Waals surface area (Å²) in [6.45, 7) is 9.81. The van der Waals surface area contributed by atoms with Crippen LogP contribution in [0.3, 0.4) is 0 Å². The average Bonchev–Trinajstić information content (AvgIpc) is 3.34. The van der Waals surface area contributed by atoms with E-state index in [1.54, 1.807) is 6.20 Å². The zero-order valence-electron chi connectivity index (χ0n) is 17.3. The summed E-state index contributed by atoms with van der Waals surface area (Å²) in [6.07, 6.45) is 2.46. The van der Waals surface area contributed by atoms with Gasteiger partial charge in [0.1, 0.15) is 0 Å². The standard InChI is InChI=1S/C22H27N5O2/c1-4-21-20(14-23-27(21)18-7-5-16(2)6-8-18)22(28)26-11-9-25(10-12-26)15-19-13-17(3)24-29-19/h5-8,13-14H,4,9-12,15H2,1-3H3. The zero-order chi connectivity index (χ0) is 20.4. The second-order valence-electron chi connectivity index (χ2n) is 7.61. The zero-order valence-corrected chi connectivity index (χ0v) is 17.3. The molecule has 29 heavy (non-hydrogen) atoms. The number of aromatic nitrogens is 3. The number of carbonyl (C=O) groups is 1. The van der Waals surface area contributed by atoms with Crippen molar-refractivity contribution in [1.82, 2.24) is 24.7 Å². The van der Waals surface area contributed by atoms with Crippen molar-refractivity contribution in [3.05, 3.63) is 64.8 Å². The number of aryl methyl sites for hydroxylation is 2. The van der Waals surface area contributed by atoms with Crippen LogP contribution >= 0.6 is 0 Å². The molecule has 1 aliphatic rings. The molecule has 1 fully saturated rings. The Morgan fingerprint density at radius 1 is 1.10 bits per heavy atom. The van der Waals surface area contributed by atoms with E-state index < -0.39 is 0 Å². The van der Waals surface area contributed by atoms with Gasteiger partial charge >= 0.3 is 0 Å². The Hall–Kier alpha value is -2.93. The molecule has 7 nitrogen and oxygen atoms in total. The van der Waals surface area contributed by atoms with Crippen molar-refractivity contribution in [3.8, 4) is 5.69 Å². The summed E-state index contributed by atoms with van der Waals surface area (Å²) in [5.41, 5.74) is 4.74. The lowest BCUT2D eigenvalue weighted by Gasteiger charge is -2.34. The van der Waals surface area contributed by atoms with Crippen LogP contribution in [0.2, 0.25) is 0 Å². The minimum Gasteiger partial charge on any atom is -0.360 e. The average molecular weight is 393 g/mol. The van der Waals surface area contributed by atoms with Crippen molar-refractivity contribution in [1.29, 1.82) is 0 Å². The summed E-state index contributed by atoms with van der Waals surface area (Å²) in [7, 11) is 0. The van der Waals surface area contributed by atoms with Crippen molar-refractivity contribution >= 4 is 5.91 Å². The molecule has 3 heterocycles. The third-order valence-corrected chi connectivity index (χ3v) is 5.43. The number of amides is 1. The highest BCUT2D eigenvalue weighted by Crippen LogP contribution is 2.19. The van der Waals surface area contributed by atoms with Crippen molar-refractivity contribution in [2.45, 2.75) is 33.7 Å². The Bertz CT molecular complexity index is 981. The van der Waals surface area contributed by atoms with Crippen LogP contribution in [-0.4, -0.2) is 56.8 Å². The third-order valence-electron chi connectivity index (χ3n) is 5.43. The van der Waals surface area contributed by atoms with Gasteiger partial charge in [-0.15, -0.1) is 0 Å². The molecule has 4 rings (SSSR count). The number of benzene rings is 1. The molecule has 0 radical (unpaired) electrons. The van der Waals surface area contributed by atoms with E-state index in [9.17, 15) is 4.79 Å². The molecule has 7 heteroatoms. The molecule has 1 aromatic carbocycles. The lowest BCUT2D eigenvalue weighted by molar-refractivity contribution is 0.0616. The molecule has 3 aromatic rings. The second-order valence-corrected chi connectivity index (χ2v) is 7.61. The van der Waals surface area contributed by atoms with Crippen LogP contribution < -0.4 is 0 Å². The normalized spacial score (nSPS) is 15.1. The van der Waals surface area contributed by atoms with Gasteiger partial charge in [-0.1, -0.05) is 29.8 Å². The van der Waals surface area contributed by atoms with Crippen molar-refractivity contribution in [3.63, 3.8) is 0 Å². The first kappa shape index (κ1) is 19.4. The van der Waals surface area contributed by atoms with Crippen molar-refractivity contribution in [2.24, 2.45) is 0 Å². The molecular formula is C22H27N5O2. The van der Waals surface area contributed by atoms with Gasteiger partial charge in [0.25, 0.3) is 5.91 Å². The Kier molecular flexibility index (Phi) is 5.49. The smallest absolute Gasteiger partial charge is 0.257 e. The summed E-state index contributed by atoms with van der Waals surface area (Å²) < 4.78 is 7.19. The molecular weight excluding hydrogens is 366 g/mol. The fraction of sp³-hybridized carbons (Fsp3) is 0.409. The molecule has 0 spiro atoms. The highest BCUT2D eigenvalue weighted by Gasteiger charge is 2.26. The van der Waals surface area contributed by atoms with E-state index in [1.807, 2.05) is 34.7 Å². The SMILES string of the molecule is CCc1c(C(=O)N2CCN(Cc3cc(C)no3)CC2)cnn1-c1ccc(C)cc1. The first-order valence-corrected chi connectivity index (χ1v) is 10.1. The number of piperazine rings is 1. The van der Waals surface area contributed by atoms with Gasteiger partial charge in [-0.2, -0.15) is 5.10 Å². The van der Waals surface area contributed by atoms with E-state index in [4.69, 9.17) is 4.52 Å². The van der Waals surface area contributed by atoms with Gasteiger partial charge in [0.15, 0.2) is 5.76 Å². The molecule has 0 saturated carbocycles. The van der Waals surface area contributed by atoms with Crippen LogP contribution in [0.15, 0.2) is 41.1 Å². The second kappa shape index (κ2) is 8.21. The van der Waals surface area contributed by atoms with Crippen LogP contribution in [0.4, 0.5) is 0 Å². The van der Waals surface area contributed by atoms with E-state index in [2.05, 4.69) is 41.1 Å². The van der Waals surface area contributed by atoms with Crippen LogP contribution in [-0.2, 0) is 13.0 Å². The summed E-state index contributed by atoms with van der Waals surface area (Å²) in [4.78, 5) is 17.4. The lowest BCUT2D eigenvalue weighted by atomic mass is 10.1. The minimum absolute atomic E-state index is 0.0652. The van der Waals surface area contributed by atoms with E-state index in [0.717, 1.165) is 48.9 Å². The van der Waals surface area contributed by atoms with E-state index in [0.29, 0.717) is 18.7 Å². The highest BCUT2D eigenvalue weighted by atomic mass is 16.5. The predicted molar refractivity (Wildman–Crippen MR) is 110 cm³/mol. The van der Waals surface area contributed by atoms with E-state index >= 15 is 0 Å². The quantitative estimate of drug-likeness (QED) is 0.667. The van der Waals surface area contributed by atoms with E-state index in [1.165, 1.54) is 5.56 Å². The first-order chi connectivity index (χ1) is 14.0. The van der Waals surface area contributed by atoms with E-state index in [-0.39, 0.29) is 5.91 Å².